The van der Waals surface area contributed by atoms with E-state index >= 15 is 0 Å². The molecule has 1 heterocycles. The second-order valence-electron chi connectivity index (χ2n) is 7.98. The molecule has 3 fully saturated rings. The van der Waals surface area contributed by atoms with Crippen molar-refractivity contribution in [3.05, 3.63) is 0 Å². The molecule has 3 atom stereocenters. The van der Waals surface area contributed by atoms with Crippen molar-refractivity contribution in [2.75, 3.05) is 33.2 Å². The van der Waals surface area contributed by atoms with Crippen molar-refractivity contribution in [2.45, 2.75) is 63.5 Å². The third-order valence-electron chi connectivity index (χ3n) is 6.07. The summed E-state index contributed by atoms with van der Waals surface area (Å²) in [5, 5.41) is 13.1. The fraction of sp³-hybridized carbons (Fsp3) is 0.944. The maximum Gasteiger partial charge on any atom is 0.317 e. The van der Waals surface area contributed by atoms with Gasteiger partial charge in [-0.25, -0.2) is 4.79 Å². The quantitative estimate of drug-likeness (QED) is 0.814. The highest BCUT2D eigenvalue weighted by molar-refractivity contribution is 5.74. The highest BCUT2D eigenvalue weighted by Crippen LogP contribution is 2.27. The van der Waals surface area contributed by atoms with E-state index < -0.39 is 0 Å². The first-order valence-electron chi connectivity index (χ1n) is 9.54. The lowest BCUT2D eigenvalue weighted by Crippen LogP contribution is -2.46. The number of carbonyl (C=O) groups is 1. The second-order valence-corrected chi connectivity index (χ2v) is 7.98. The lowest BCUT2D eigenvalue weighted by molar-refractivity contribution is 0.113. The number of carbonyl (C=O) groups excluding carboxylic acids is 1. The average Bonchev–Trinajstić information content (AvgIpc) is 3.25. The largest absolute Gasteiger partial charge is 0.393 e. The van der Waals surface area contributed by atoms with E-state index in [2.05, 4.69) is 10.2 Å². The number of rotatable bonds is 5. The number of amides is 2. The minimum atomic E-state index is -0.223. The lowest BCUT2D eigenvalue weighted by Gasteiger charge is -2.25. The van der Waals surface area contributed by atoms with E-state index in [1.54, 1.807) is 4.90 Å². The summed E-state index contributed by atoms with van der Waals surface area (Å²) < 4.78 is 0. The SMILES string of the molecule is CN(CC1CCCC1O)C(=O)NC1CCN(CC2CCCC2)C1. The zero-order valence-corrected chi connectivity index (χ0v) is 14.5. The summed E-state index contributed by atoms with van der Waals surface area (Å²) in [5.74, 6) is 1.14. The van der Waals surface area contributed by atoms with Gasteiger partial charge in [-0.3, -0.25) is 0 Å². The molecule has 0 aromatic heterocycles. The summed E-state index contributed by atoms with van der Waals surface area (Å²) in [4.78, 5) is 16.7. The molecule has 1 saturated heterocycles. The smallest absolute Gasteiger partial charge is 0.317 e. The first kappa shape index (κ1) is 17.0. The van der Waals surface area contributed by atoms with Crippen molar-refractivity contribution in [1.82, 2.24) is 15.1 Å². The Labute approximate surface area is 140 Å². The monoisotopic (exact) mass is 323 g/mol. The van der Waals surface area contributed by atoms with Gasteiger partial charge in [0.2, 0.25) is 0 Å². The van der Waals surface area contributed by atoms with Crippen LogP contribution in [0.5, 0.6) is 0 Å². The van der Waals surface area contributed by atoms with E-state index in [4.69, 9.17) is 0 Å². The summed E-state index contributed by atoms with van der Waals surface area (Å²) >= 11 is 0. The molecule has 0 spiro atoms. The van der Waals surface area contributed by atoms with Crippen LogP contribution in [0.3, 0.4) is 0 Å². The van der Waals surface area contributed by atoms with Crippen molar-refractivity contribution in [3.63, 3.8) is 0 Å². The molecule has 3 unspecified atom stereocenters. The Hall–Kier alpha value is -0.810. The van der Waals surface area contributed by atoms with Gasteiger partial charge in [-0.2, -0.15) is 0 Å². The third kappa shape index (κ3) is 4.60. The molecule has 0 aromatic carbocycles. The molecule has 5 nitrogen and oxygen atoms in total. The van der Waals surface area contributed by atoms with Crippen molar-refractivity contribution in [1.29, 1.82) is 0 Å². The van der Waals surface area contributed by atoms with E-state index in [0.29, 0.717) is 12.6 Å². The predicted molar refractivity (Wildman–Crippen MR) is 91.3 cm³/mol. The molecule has 2 N–H and O–H groups in total. The van der Waals surface area contributed by atoms with Crippen molar-refractivity contribution >= 4 is 6.03 Å². The van der Waals surface area contributed by atoms with Crippen LogP contribution in [0.4, 0.5) is 4.79 Å². The number of nitrogens with one attached hydrogen (secondary N) is 1. The molecule has 2 amide bonds. The number of hydrogen-bond donors (Lipinski definition) is 2. The maximum absolute atomic E-state index is 12.4. The summed E-state index contributed by atoms with van der Waals surface area (Å²) in [6.45, 7) is 4.01. The van der Waals surface area contributed by atoms with Gasteiger partial charge in [-0.05, 0) is 38.0 Å². The van der Waals surface area contributed by atoms with E-state index in [1.165, 1.54) is 32.2 Å². The van der Waals surface area contributed by atoms with E-state index in [9.17, 15) is 9.90 Å². The maximum atomic E-state index is 12.4. The number of aliphatic hydroxyl groups is 1. The zero-order valence-electron chi connectivity index (χ0n) is 14.5. The number of urea groups is 1. The Morgan fingerprint density at radius 3 is 2.65 bits per heavy atom. The Kier molecular flexibility index (Phi) is 5.81. The molecule has 5 heteroatoms. The number of hydrogen-bond acceptors (Lipinski definition) is 3. The fourth-order valence-corrected chi connectivity index (χ4v) is 4.62. The van der Waals surface area contributed by atoms with Gasteiger partial charge in [0, 0.05) is 45.2 Å². The number of likely N-dealkylation sites (tertiary alicyclic amines) is 1. The zero-order chi connectivity index (χ0) is 16.2. The molecule has 23 heavy (non-hydrogen) atoms. The van der Waals surface area contributed by atoms with Gasteiger partial charge in [0.1, 0.15) is 0 Å². The van der Waals surface area contributed by atoms with Crippen molar-refractivity contribution in [3.8, 4) is 0 Å². The highest BCUT2D eigenvalue weighted by atomic mass is 16.3. The van der Waals surface area contributed by atoms with Crippen LogP contribution in [0.15, 0.2) is 0 Å². The van der Waals surface area contributed by atoms with Crippen LogP contribution < -0.4 is 5.32 Å². The first-order chi connectivity index (χ1) is 11.1. The fourth-order valence-electron chi connectivity index (χ4n) is 4.62. The summed E-state index contributed by atoms with van der Waals surface area (Å²) in [7, 11) is 1.85. The van der Waals surface area contributed by atoms with Gasteiger partial charge < -0.3 is 20.2 Å². The molecule has 1 aliphatic heterocycles. The molecule has 2 saturated carbocycles. The van der Waals surface area contributed by atoms with Crippen LogP contribution in [0, 0.1) is 11.8 Å². The van der Waals surface area contributed by atoms with Crippen LogP contribution in [-0.2, 0) is 0 Å². The van der Waals surface area contributed by atoms with Gasteiger partial charge >= 0.3 is 6.03 Å². The molecule has 0 aromatic rings. The van der Waals surface area contributed by atoms with Crippen LogP contribution in [0.2, 0.25) is 0 Å². The Morgan fingerprint density at radius 1 is 1.17 bits per heavy atom. The predicted octanol–water partition coefficient (Wildman–Crippen LogP) is 2.05. The topological polar surface area (TPSA) is 55.8 Å². The normalized spacial score (nSPS) is 32.5. The van der Waals surface area contributed by atoms with Gasteiger partial charge in [0.05, 0.1) is 6.10 Å². The van der Waals surface area contributed by atoms with Gasteiger partial charge in [-0.1, -0.05) is 19.3 Å². The van der Waals surface area contributed by atoms with Crippen LogP contribution >= 0.6 is 0 Å². The van der Waals surface area contributed by atoms with Gasteiger partial charge in [0.15, 0.2) is 0 Å². The van der Waals surface area contributed by atoms with Gasteiger partial charge in [0.25, 0.3) is 0 Å². The molecule has 0 bridgehead atoms. The molecular weight excluding hydrogens is 290 g/mol. The molecule has 3 aliphatic rings. The Morgan fingerprint density at radius 2 is 1.96 bits per heavy atom. The van der Waals surface area contributed by atoms with E-state index in [1.807, 2.05) is 7.05 Å². The summed E-state index contributed by atoms with van der Waals surface area (Å²) in [5.41, 5.74) is 0. The number of nitrogens with zero attached hydrogens (tertiary/aromatic N) is 2. The Balaban J connectivity index is 1.37. The van der Waals surface area contributed by atoms with E-state index in [-0.39, 0.29) is 18.1 Å². The average molecular weight is 323 g/mol. The summed E-state index contributed by atoms with van der Waals surface area (Å²) in [6, 6.07) is 0.316. The molecular formula is C18H33N3O2. The highest BCUT2D eigenvalue weighted by Gasteiger charge is 2.30. The first-order valence-corrected chi connectivity index (χ1v) is 9.54. The third-order valence-corrected chi connectivity index (χ3v) is 6.07. The minimum absolute atomic E-state index is 0.0248. The van der Waals surface area contributed by atoms with Crippen molar-refractivity contribution < 1.29 is 9.90 Å². The van der Waals surface area contributed by atoms with Crippen LogP contribution in [0.1, 0.15) is 51.4 Å². The molecule has 132 valence electrons. The van der Waals surface area contributed by atoms with Crippen LogP contribution in [-0.4, -0.2) is 66.3 Å². The minimum Gasteiger partial charge on any atom is -0.393 e. The molecule has 2 aliphatic carbocycles. The van der Waals surface area contributed by atoms with Crippen LogP contribution in [0.25, 0.3) is 0 Å². The number of aliphatic hydroxyl groups excluding tert-OH is 1. The second kappa shape index (κ2) is 7.84. The van der Waals surface area contributed by atoms with Crippen molar-refractivity contribution in [2.24, 2.45) is 11.8 Å². The molecule has 0 radical (unpaired) electrons. The van der Waals surface area contributed by atoms with Gasteiger partial charge in [-0.15, -0.1) is 0 Å². The van der Waals surface area contributed by atoms with E-state index in [0.717, 1.165) is 44.7 Å². The summed E-state index contributed by atoms with van der Waals surface area (Å²) in [6.07, 6.45) is 9.43. The molecule has 3 rings (SSSR count). The standard InChI is InChI=1S/C18H33N3O2/c1-20(12-15-7-4-8-17(15)22)18(23)19-16-9-10-21(13-16)11-14-5-2-3-6-14/h14-17,22H,2-13H2,1H3,(H,19,23). The Bertz CT molecular complexity index is 398. The lowest BCUT2D eigenvalue weighted by atomic mass is 10.1.